The van der Waals surface area contributed by atoms with Crippen molar-refractivity contribution >= 4 is 11.8 Å². The van der Waals surface area contributed by atoms with Crippen LogP contribution in [0.2, 0.25) is 0 Å². The second kappa shape index (κ2) is 5.13. The second-order valence-electron chi connectivity index (χ2n) is 5.40. The van der Waals surface area contributed by atoms with Crippen LogP contribution >= 0.6 is 0 Å². The molecule has 104 valence electrons. The van der Waals surface area contributed by atoms with Gasteiger partial charge in [0.05, 0.1) is 6.20 Å². The van der Waals surface area contributed by atoms with Gasteiger partial charge >= 0.3 is 5.97 Å². The molecule has 1 heterocycles. The van der Waals surface area contributed by atoms with Crippen LogP contribution in [0.5, 0.6) is 0 Å². The van der Waals surface area contributed by atoms with Gasteiger partial charge < -0.3 is 14.9 Å². The predicted molar refractivity (Wildman–Crippen MR) is 72.5 cm³/mol. The van der Waals surface area contributed by atoms with Crippen LogP contribution in [0.15, 0.2) is 12.3 Å². The van der Waals surface area contributed by atoms with Gasteiger partial charge in [-0.15, -0.1) is 5.10 Å². The first-order valence-corrected chi connectivity index (χ1v) is 6.40. The minimum atomic E-state index is -0.968. The highest BCUT2D eigenvalue weighted by atomic mass is 16.4. The van der Waals surface area contributed by atoms with Crippen molar-refractivity contribution in [3.63, 3.8) is 0 Å². The molecule has 0 aliphatic heterocycles. The molecular formula is C13H20N4O2. The molecule has 6 heteroatoms. The van der Waals surface area contributed by atoms with Gasteiger partial charge in [-0.05, 0) is 39.4 Å². The number of aromatic nitrogens is 2. The average Bonchev–Trinajstić information content (AvgIpc) is 2.33. The van der Waals surface area contributed by atoms with E-state index in [1.807, 2.05) is 11.9 Å². The van der Waals surface area contributed by atoms with Crippen LogP contribution in [-0.4, -0.2) is 59.4 Å². The molecule has 0 spiro atoms. The molecule has 1 aliphatic carbocycles. The Morgan fingerprint density at radius 3 is 2.58 bits per heavy atom. The molecule has 0 saturated heterocycles. The quantitative estimate of drug-likeness (QED) is 0.858. The first-order valence-electron chi connectivity index (χ1n) is 6.40. The predicted octanol–water partition coefficient (Wildman–Crippen LogP) is 1.10. The van der Waals surface area contributed by atoms with E-state index in [2.05, 4.69) is 29.2 Å². The minimum absolute atomic E-state index is 0.127. The third kappa shape index (κ3) is 2.53. The summed E-state index contributed by atoms with van der Waals surface area (Å²) in [7, 11) is 6.02. The van der Waals surface area contributed by atoms with E-state index in [-0.39, 0.29) is 11.1 Å². The first-order chi connectivity index (χ1) is 8.96. The molecule has 0 atom stereocenters. The number of carbonyl (C=O) groups is 1. The molecule has 0 amide bonds. The summed E-state index contributed by atoms with van der Waals surface area (Å²) in [5.41, 5.74) is 0.327. The van der Waals surface area contributed by atoms with Gasteiger partial charge in [-0.1, -0.05) is 0 Å². The van der Waals surface area contributed by atoms with Crippen LogP contribution in [0.4, 0.5) is 5.82 Å². The van der Waals surface area contributed by atoms with Gasteiger partial charge in [0.1, 0.15) is 5.56 Å². The Labute approximate surface area is 113 Å². The molecular weight excluding hydrogens is 244 g/mol. The fourth-order valence-corrected chi connectivity index (χ4v) is 2.62. The number of hydrogen-bond donors (Lipinski definition) is 1. The molecule has 1 aromatic heterocycles. The van der Waals surface area contributed by atoms with Gasteiger partial charge in [-0.25, -0.2) is 4.79 Å². The molecule has 1 aromatic rings. The Morgan fingerprint density at radius 1 is 1.42 bits per heavy atom. The molecule has 0 radical (unpaired) electrons. The van der Waals surface area contributed by atoms with Crippen molar-refractivity contribution in [3.8, 4) is 0 Å². The van der Waals surface area contributed by atoms with Crippen molar-refractivity contribution in [2.75, 3.05) is 32.6 Å². The SMILES string of the molecule is CN(CC1(N(C)C)CCC1)c1nnccc1C(=O)O. The highest BCUT2D eigenvalue weighted by Crippen LogP contribution is 2.37. The Bertz CT molecular complexity index is 471. The minimum Gasteiger partial charge on any atom is -0.478 e. The number of carboxylic acid groups (broad SMARTS) is 1. The van der Waals surface area contributed by atoms with Gasteiger partial charge in [-0.2, -0.15) is 5.10 Å². The third-order valence-corrected chi connectivity index (χ3v) is 4.06. The summed E-state index contributed by atoms with van der Waals surface area (Å²) < 4.78 is 0. The molecule has 6 nitrogen and oxygen atoms in total. The van der Waals surface area contributed by atoms with Gasteiger partial charge in [0, 0.05) is 19.1 Å². The number of anilines is 1. The Kier molecular flexibility index (Phi) is 3.71. The van der Waals surface area contributed by atoms with E-state index < -0.39 is 5.97 Å². The summed E-state index contributed by atoms with van der Waals surface area (Å²) in [6, 6.07) is 1.49. The van der Waals surface area contributed by atoms with Gasteiger partial charge in [0.25, 0.3) is 0 Å². The average molecular weight is 264 g/mol. The maximum absolute atomic E-state index is 11.2. The summed E-state index contributed by atoms with van der Waals surface area (Å²) in [5, 5.41) is 17.0. The van der Waals surface area contributed by atoms with Crippen LogP contribution in [0.3, 0.4) is 0 Å². The van der Waals surface area contributed by atoms with E-state index in [9.17, 15) is 9.90 Å². The molecule has 1 aliphatic rings. The highest BCUT2D eigenvalue weighted by molar-refractivity contribution is 5.93. The van der Waals surface area contributed by atoms with E-state index in [4.69, 9.17) is 0 Å². The Balaban J connectivity index is 2.20. The highest BCUT2D eigenvalue weighted by Gasteiger charge is 2.40. The number of hydrogen-bond acceptors (Lipinski definition) is 5. The van der Waals surface area contributed by atoms with Crippen molar-refractivity contribution in [2.45, 2.75) is 24.8 Å². The van der Waals surface area contributed by atoms with Crippen LogP contribution < -0.4 is 4.90 Å². The van der Waals surface area contributed by atoms with E-state index in [1.165, 1.54) is 18.7 Å². The standard InChI is InChI=1S/C13H20N4O2/c1-16(2)13(6-4-7-13)9-17(3)11-10(12(18)19)5-8-14-15-11/h5,8H,4,6-7,9H2,1-3H3,(H,18,19). The summed E-state index contributed by atoms with van der Waals surface area (Å²) in [6.07, 6.45) is 4.89. The van der Waals surface area contributed by atoms with Gasteiger partial charge in [0.15, 0.2) is 5.82 Å². The van der Waals surface area contributed by atoms with Crippen LogP contribution in [-0.2, 0) is 0 Å². The topological polar surface area (TPSA) is 69.6 Å². The molecule has 1 saturated carbocycles. The number of likely N-dealkylation sites (N-methyl/N-ethyl adjacent to an activating group) is 2. The molecule has 0 unspecified atom stereocenters. The van der Waals surface area contributed by atoms with Crippen molar-refractivity contribution in [1.82, 2.24) is 15.1 Å². The second-order valence-corrected chi connectivity index (χ2v) is 5.40. The summed E-state index contributed by atoms with van der Waals surface area (Å²) in [6.45, 7) is 0.763. The zero-order valence-electron chi connectivity index (χ0n) is 11.6. The van der Waals surface area contributed by atoms with E-state index in [0.717, 1.165) is 19.4 Å². The van der Waals surface area contributed by atoms with E-state index in [0.29, 0.717) is 5.82 Å². The normalized spacial score (nSPS) is 17.1. The summed E-state index contributed by atoms with van der Waals surface area (Å²) in [5.74, 6) is -0.535. The third-order valence-electron chi connectivity index (χ3n) is 4.06. The van der Waals surface area contributed by atoms with Crippen LogP contribution in [0, 0.1) is 0 Å². The van der Waals surface area contributed by atoms with E-state index in [1.54, 1.807) is 0 Å². The van der Waals surface area contributed by atoms with Gasteiger partial charge in [-0.3, -0.25) is 0 Å². The lowest BCUT2D eigenvalue weighted by Gasteiger charge is -2.49. The van der Waals surface area contributed by atoms with Gasteiger partial charge in [0.2, 0.25) is 0 Å². The lowest BCUT2D eigenvalue weighted by atomic mass is 9.75. The lowest BCUT2D eigenvalue weighted by molar-refractivity contribution is 0.0668. The zero-order valence-corrected chi connectivity index (χ0v) is 11.6. The monoisotopic (exact) mass is 264 g/mol. The first kappa shape index (κ1) is 13.7. The van der Waals surface area contributed by atoms with Crippen molar-refractivity contribution in [3.05, 3.63) is 17.8 Å². The molecule has 0 bridgehead atoms. The fraction of sp³-hybridized carbons (Fsp3) is 0.615. The molecule has 1 fully saturated rings. The summed E-state index contributed by atoms with van der Waals surface area (Å²) in [4.78, 5) is 15.3. The molecule has 0 aromatic carbocycles. The Morgan fingerprint density at radius 2 is 2.11 bits per heavy atom. The number of aromatic carboxylic acids is 1. The molecule has 2 rings (SSSR count). The molecule has 19 heavy (non-hydrogen) atoms. The van der Waals surface area contributed by atoms with Crippen molar-refractivity contribution in [1.29, 1.82) is 0 Å². The Hall–Kier alpha value is -1.69. The molecule has 1 N–H and O–H groups in total. The smallest absolute Gasteiger partial charge is 0.339 e. The fourth-order valence-electron chi connectivity index (χ4n) is 2.62. The zero-order chi connectivity index (χ0) is 14.0. The maximum Gasteiger partial charge on any atom is 0.339 e. The van der Waals surface area contributed by atoms with Crippen LogP contribution in [0.1, 0.15) is 29.6 Å². The van der Waals surface area contributed by atoms with Crippen LogP contribution in [0.25, 0.3) is 0 Å². The van der Waals surface area contributed by atoms with Crippen molar-refractivity contribution < 1.29 is 9.90 Å². The lowest BCUT2D eigenvalue weighted by Crippen LogP contribution is -2.57. The summed E-state index contributed by atoms with van der Waals surface area (Å²) >= 11 is 0. The number of rotatable bonds is 5. The largest absolute Gasteiger partial charge is 0.478 e. The maximum atomic E-state index is 11.2. The van der Waals surface area contributed by atoms with Crippen molar-refractivity contribution in [2.24, 2.45) is 0 Å². The number of nitrogens with zero attached hydrogens (tertiary/aromatic N) is 4. The van der Waals surface area contributed by atoms with E-state index >= 15 is 0 Å². The number of carboxylic acids is 1.